The van der Waals surface area contributed by atoms with Crippen molar-refractivity contribution in [2.45, 2.75) is 0 Å². The number of benzene rings is 10. The summed E-state index contributed by atoms with van der Waals surface area (Å²) in [5, 5.41) is 11.2. The standard InChI is InChI=1S/C57H34N4O/c1-2-14-35(15-3-1)37-22-12-23-42(28-37)55-58-56(46-26-13-21-36-16-8-9-24-44(36)46)60-57(59-55)49-33-43(34-53-54(49)48-30-39-18-5-7-20-41(39)32-52(48)62-53)61-50-27-11-10-25-45(50)47-29-38-17-4-6-19-40(38)31-51(47)61/h1-34H. The molecule has 5 nitrogen and oxygen atoms in total. The highest BCUT2D eigenvalue weighted by Gasteiger charge is 2.23. The Labute approximate surface area is 355 Å². The van der Waals surface area contributed by atoms with Crippen LogP contribution in [0, 0.1) is 0 Å². The number of aromatic nitrogens is 4. The highest BCUT2D eigenvalue weighted by molar-refractivity contribution is 6.17. The predicted octanol–water partition coefficient (Wildman–Crippen LogP) is 15.0. The van der Waals surface area contributed by atoms with Gasteiger partial charge in [0, 0.05) is 44.3 Å². The van der Waals surface area contributed by atoms with Crippen molar-refractivity contribution < 1.29 is 4.42 Å². The molecule has 10 aromatic carbocycles. The molecule has 5 heteroatoms. The number of para-hydroxylation sites is 1. The lowest BCUT2D eigenvalue weighted by Crippen LogP contribution is -2.02. The Hall–Kier alpha value is -8.41. The van der Waals surface area contributed by atoms with Crippen molar-refractivity contribution in [3.63, 3.8) is 0 Å². The van der Waals surface area contributed by atoms with Crippen LogP contribution in [0.15, 0.2) is 211 Å². The van der Waals surface area contributed by atoms with E-state index in [4.69, 9.17) is 19.4 Å². The highest BCUT2D eigenvalue weighted by atomic mass is 16.3. The second-order valence-corrected chi connectivity index (χ2v) is 16.0. The van der Waals surface area contributed by atoms with Crippen LogP contribution >= 0.6 is 0 Å². The smallest absolute Gasteiger partial charge is 0.164 e. The van der Waals surface area contributed by atoms with Gasteiger partial charge in [0.05, 0.1) is 16.7 Å². The van der Waals surface area contributed by atoms with Gasteiger partial charge in [0.1, 0.15) is 11.2 Å². The highest BCUT2D eigenvalue weighted by Crippen LogP contribution is 2.43. The number of rotatable bonds is 5. The van der Waals surface area contributed by atoms with Crippen LogP contribution in [0.3, 0.4) is 0 Å². The maximum atomic E-state index is 6.92. The molecule has 0 saturated heterocycles. The summed E-state index contributed by atoms with van der Waals surface area (Å²) in [6, 6.07) is 72.8. The monoisotopic (exact) mass is 790 g/mol. The van der Waals surface area contributed by atoms with Gasteiger partial charge in [0.2, 0.25) is 0 Å². The second kappa shape index (κ2) is 13.6. The van der Waals surface area contributed by atoms with E-state index in [-0.39, 0.29) is 0 Å². The minimum absolute atomic E-state index is 0.567. The Bertz CT molecular complexity index is 3930. The van der Waals surface area contributed by atoms with Gasteiger partial charge >= 0.3 is 0 Å². The fraction of sp³-hybridized carbons (Fsp3) is 0. The van der Waals surface area contributed by atoms with Crippen molar-refractivity contribution in [1.29, 1.82) is 0 Å². The molecule has 0 aliphatic carbocycles. The summed E-state index contributed by atoms with van der Waals surface area (Å²) in [4.78, 5) is 16.2. The maximum Gasteiger partial charge on any atom is 0.164 e. The van der Waals surface area contributed by atoms with Crippen LogP contribution in [-0.2, 0) is 0 Å². The third-order valence-corrected chi connectivity index (χ3v) is 12.4. The van der Waals surface area contributed by atoms with Gasteiger partial charge in [-0.2, -0.15) is 0 Å². The van der Waals surface area contributed by atoms with E-state index < -0.39 is 0 Å². The molecule has 3 aromatic heterocycles. The van der Waals surface area contributed by atoms with Gasteiger partial charge in [-0.25, -0.2) is 15.0 Å². The minimum atomic E-state index is 0.567. The zero-order valence-corrected chi connectivity index (χ0v) is 33.3. The molecule has 0 aliphatic rings. The Balaban J connectivity index is 1.14. The molecule has 0 bridgehead atoms. The molecule has 0 unspecified atom stereocenters. The van der Waals surface area contributed by atoms with E-state index >= 15 is 0 Å². The van der Waals surface area contributed by atoms with Crippen LogP contribution in [0.2, 0.25) is 0 Å². The van der Waals surface area contributed by atoms with E-state index in [0.717, 1.165) is 88.0 Å². The SMILES string of the molecule is c1ccc(-c2cccc(-c3nc(-c4cccc5ccccc45)nc(-c4cc(-n5c6ccccc6c6cc7ccccc7cc65)cc5oc6cc7ccccc7cc6c45)n3)c2)cc1. The second-order valence-electron chi connectivity index (χ2n) is 16.0. The fourth-order valence-corrected chi connectivity index (χ4v) is 9.45. The number of hydrogen-bond acceptors (Lipinski definition) is 4. The number of furan rings is 1. The molecule has 0 amide bonds. The zero-order chi connectivity index (χ0) is 40.7. The molecule has 0 aliphatic heterocycles. The third-order valence-electron chi connectivity index (χ3n) is 12.4. The van der Waals surface area contributed by atoms with E-state index in [1.807, 2.05) is 6.07 Å². The lowest BCUT2D eigenvalue weighted by Gasteiger charge is -2.14. The largest absolute Gasteiger partial charge is 0.456 e. The third kappa shape index (κ3) is 5.45. The molecule has 62 heavy (non-hydrogen) atoms. The number of nitrogens with zero attached hydrogens (tertiary/aromatic N) is 4. The van der Waals surface area contributed by atoms with Crippen LogP contribution in [0.5, 0.6) is 0 Å². The molecular formula is C57H34N4O. The molecule has 13 rings (SSSR count). The Morgan fingerprint density at radius 2 is 0.903 bits per heavy atom. The van der Waals surface area contributed by atoms with Crippen molar-refractivity contribution in [2.24, 2.45) is 0 Å². The first kappa shape index (κ1) is 34.5. The molecule has 0 spiro atoms. The normalized spacial score (nSPS) is 11.9. The maximum absolute atomic E-state index is 6.92. The van der Waals surface area contributed by atoms with Crippen molar-refractivity contribution in [3.8, 4) is 51.0 Å². The van der Waals surface area contributed by atoms with Crippen LogP contribution in [0.4, 0.5) is 0 Å². The van der Waals surface area contributed by atoms with Gasteiger partial charge in [0.25, 0.3) is 0 Å². The predicted molar refractivity (Wildman–Crippen MR) is 256 cm³/mol. The van der Waals surface area contributed by atoms with E-state index in [2.05, 4.69) is 205 Å². The summed E-state index contributed by atoms with van der Waals surface area (Å²) < 4.78 is 9.29. The van der Waals surface area contributed by atoms with Gasteiger partial charge in [-0.3, -0.25) is 0 Å². The fourth-order valence-electron chi connectivity index (χ4n) is 9.45. The van der Waals surface area contributed by atoms with E-state index in [1.165, 1.54) is 21.5 Å². The summed E-state index contributed by atoms with van der Waals surface area (Å²) in [6.07, 6.45) is 0. The Kier molecular flexibility index (Phi) is 7.54. The summed E-state index contributed by atoms with van der Waals surface area (Å²) in [7, 11) is 0. The first-order chi connectivity index (χ1) is 30.7. The molecule has 0 radical (unpaired) electrons. The van der Waals surface area contributed by atoms with E-state index in [0.29, 0.717) is 17.5 Å². The minimum Gasteiger partial charge on any atom is -0.456 e. The zero-order valence-electron chi connectivity index (χ0n) is 33.3. The van der Waals surface area contributed by atoms with Crippen molar-refractivity contribution in [2.75, 3.05) is 0 Å². The summed E-state index contributed by atoms with van der Waals surface area (Å²) in [5.41, 5.74) is 9.67. The quantitative estimate of drug-likeness (QED) is 0.174. The molecule has 0 saturated carbocycles. The topological polar surface area (TPSA) is 56.7 Å². The lowest BCUT2D eigenvalue weighted by atomic mass is 10.0. The van der Waals surface area contributed by atoms with Crippen LogP contribution in [-0.4, -0.2) is 19.5 Å². The van der Waals surface area contributed by atoms with Crippen molar-refractivity contribution >= 4 is 76.1 Å². The Morgan fingerprint density at radius 1 is 0.323 bits per heavy atom. The molecule has 0 atom stereocenters. The molecule has 13 aromatic rings. The average Bonchev–Trinajstić information content (AvgIpc) is 3.86. The van der Waals surface area contributed by atoms with Crippen LogP contribution < -0.4 is 0 Å². The van der Waals surface area contributed by atoms with Gasteiger partial charge in [0.15, 0.2) is 17.5 Å². The van der Waals surface area contributed by atoms with E-state index in [9.17, 15) is 0 Å². The number of hydrogen-bond donors (Lipinski definition) is 0. The van der Waals surface area contributed by atoms with E-state index in [1.54, 1.807) is 0 Å². The van der Waals surface area contributed by atoms with Gasteiger partial charge in [-0.05, 0) is 85.9 Å². The molecule has 288 valence electrons. The van der Waals surface area contributed by atoms with Crippen molar-refractivity contribution in [3.05, 3.63) is 206 Å². The van der Waals surface area contributed by atoms with Gasteiger partial charge < -0.3 is 8.98 Å². The molecular weight excluding hydrogens is 757 g/mol. The Morgan fingerprint density at radius 3 is 1.71 bits per heavy atom. The lowest BCUT2D eigenvalue weighted by molar-refractivity contribution is 0.669. The average molecular weight is 791 g/mol. The van der Waals surface area contributed by atoms with Crippen molar-refractivity contribution in [1.82, 2.24) is 19.5 Å². The molecule has 0 N–H and O–H groups in total. The first-order valence-electron chi connectivity index (χ1n) is 20.9. The molecule has 3 heterocycles. The van der Waals surface area contributed by atoms with Gasteiger partial charge in [-0.15, -0.1) is 0 Å². The van der Waals surface area contributed by atoms with Crippen LogP contribution in [0.25, 0.3) is 127 Å². The van der Waals surface area contributed by atoms with Gasteiger partial charge in [-0.1, -0.05) is 158 Å². The first-order valence-corrected chi connectivity index (χ1v) is 20.9. The number of fused-ring (bicyclic) bond motifs is 9. The molecule has 0 fully saturated rings. The summed E-state index contributed by atoms with van der Waals surface area (Å²) >= 11 is 0. The summed E-state index contributed by atoms with van der Waals surface area (Å²) in [5.74, 6) is 1.76. The van der Waals surface area contributed by atoms with Crippen LogP contribution in [0.1, 0.15) is 0 Å². The summed E-state index contributed by atoms with van der Waals surface area (Å²) in [6.45, 7) is 0.